The van der Waals surface area contributed by atoms with Crippen LogP contribution in [0.15, 0.2) is 30.3 Å². The molecule has 1 aromatic rings. The highest BCUT2D eigenvalue weighted by atomic mass is 16.2. The number of hydrogen-bond donors (Lipinski definition) is 0. The van der Waals surface area contributed by atoms with Gasteiger partial charge in [-0.25, -0.2) is 0 Å². The average molecular weight is 355 g/mol. The van der Waals surface area contributed by atoms with E-state index >= 15 is 0 Å². The molecule has 2 heterocycles. The van der Waals surface area contributed by atoms with Crippen LogP contribution in [0.3, 0.4) is 0 Å². The van der Waals surface area contributed by atoms with Gasteiger partial charge >= 0.3 is 0 Å². The van der Waals surface area contributed by atoms with Crippen molar-refractivity contribution in [1.29, 1.82) is 0 Å². The van der Waals surface area contributed by atoms with Crippen molar-refractivity contribution >= 4 is 17.5 Å². The number of piperidine rings is 1. The molecule has 0 aromatic heterocycles. The maximum Gasteiger partial charge on any atom is 0.238 e. The summed E-state index contributed by atoms with van der Waals surface area (Å²) in [5.41, 5.74) is 0.477. The third-order valence-corrected chi connectivity index (χ3v) is 6.20. The summed E-state index contributed by atoms with van der Waals surface area (Å²) >= 11 is 0. The van der Waals surface area contributed by atoms with Gasteiger partial charge in [0.2, 0.25) is 11.8 Å². The van der Waals surface area contributed by atoms with E-state index in [4.69, 9.17) is 0 Å². The molecular formula is C21H29N3O2. The van der Waals surface area contributed by atoms with Crippen molar-refractivity contribution < 1.29 is 9.59 Å². The lowest BCUT2D eigenvalue weighted by Crippen LogP contribution is -2.54. The van der Waals surface area contributed by atoms with Crippen LogP contribution < -0.4 is 4.90 Å². The average Bonchev–Trinajstić information content (AvgIpc) is 3.50. The summed E-state index contributed by atoms with van der Waals surface area (Å²) in [5.74, 6) is 0.723. The first-order valence-corrected chi connectivity index (χ1v) is 9.99. The summed E-state index contributed by atoms with van der Waals surface area (Å²) in [6.45, 7) is 6.92. The Morgan fingerprint density at radius 3 is 2.19 bits per heavy atom. The molecule has 1 aromatic carbocycles. The molecule has 1 atom stereocenters. The zero-order valence-electron chi connectivity index (χ0n) is 15.7. The third-order valence-electron chi connectivity index (χ3n) is 6.20. The Balaban J connectivity index is 1.38. The van der Waals surface area contributed by atoms with E-state index < -0.39 is 5.41 Å². The maximum atomic E-state index is 13.2. The van der Waals surface area contributed by atoms with Gasteiger partial charge in [-0.15, -0.1) is 0 Å². The molecule has 3 aliphatic rings. The molecule has 0 bridgehead atoms. The number of nitrogens with zero attached hydrogens (tertiary/aromatic N) is 3. The number of hydrogen-bond acceptors (Lipinski definition) is 3. The minimum Gasteiger partial charge on any atom is -0.368 e. The van der Waals surface area contributed by atoms with Gasteiger partial charge in [-0.2, -0.15) is 0 Å². The first-order valence-electron chi connectivity index (χ1n) is 9.99. The molecule has 3 fully saturated rings. The van der Waals surface area contributed by atoms with Gasteiger partial charge in [0.1, 0.15) is 5.41 Å². The van der Waals surface area contributed by atoms with Crippen LogP contribution in [-0.4, -0.2) is 60.9 Å². The third kappa shape index (κ3) is 3.19. The van der Waals surface area contributed by atoms with Crippen LogP contribution in [0.1, 0.15) is 32.6 Å². The van der Waals surface area contributed by atoms with Gasteiger partial charge in [0.25, 0.3) is 0 Å². The van der Waals surface area contributed by atoms with Crippen molar-refractivity contribution in [3.05, 3.63) is 30.3 Å². The number of para-hydroxylation sites is 1. The molecule has 5 nitrogen and oxygen atoms in total. The highest BCUT2D eigenvalue weighted by Crippen LogP contribution is 2.49. The molecule has 1 unspecified atom stereocenters. The van der Waals surface area contributed by atoms with E-state index in [2.05, 4.69) is 24.0 Å². The summed E-state index contributed by atoms with van der Waals surface area (Å²) < 4.78 is 0. The van der Waals surface area contributed by atoms with Crippen LogP contribution in [0, 0.1) is 11.3 Å². The highest BCUT2D eigenvalue weighted by Gasteiger charge is 2.59. The number of carbonyl (C=O) groups excluding carboxylic acids is 2. The topological polar surface area (TPSA) is 43.9 Å². The fourth-order valence-corrected chi connectivity index (χ4v) is 4.43. The van der Waals surface area contributed by atoms with E-state index in [1.807, 2.05) is 28.0 Å². The van der Waals surface area contributed by atoms with Crippen LogP contribution in [-0.2, 0) is 9.59 Å². The summed E-state index contributed by atoms with van der Waals surface area (Å²) in [5, 5.41) is 0. The van der Waals surface area contributed by atoms with Gasteiger partial charge in [0.05, 0.1) is 0 Å². The number of carbonyl (C=O) groups is 2. The zero-order valence-corrected chi connectivity index (χ0v) is 15.7. The molecule has 2 aliphatic heterocycles. The largest absolute Gasteiger partial charge is 0.368 e. The van der Waals surface area contributed by atoms with Crippen LogP contribution in [0.5, 0.6) is 0 Å². The lowest BCUT2D eigenvalue weighted by molar-refractivity contribution is -0.150. The normalized spacial score (nSPS) is 25.1. The van der Waals surface area contributed by atoms with Crippen LogP contribution >= 0.6 is 0 Å². The number of benzene rings is 1. The number of piperazine rings is 1. The van der Waals surface area contributed by atoms with Crippen molar-refractivity contribution in [2.24, 2.45) is 11.3 Å². The Labute approximate surface area is 155 Å². The minimum atomic E-state index is -0.730. The van der Waals surface area contributed by atoms with E-state index in [1.54, 1.807) is 0 Å². The Kier molecular flexibility index (Phi) is 4.63. The Morgan fingerprint density at radius 2 is 1.58 bits per heavy atom. The second-order valence-corrected chi connectivity index (χ2v) is 8.20. The monoisotopic (exact) mass is 355 g/mol. The number of likely N-dealkylation sites (tertiary alicyclic amines) is 1. The zero-order chi connectivity index (χ0) is 18.1. The molecule has 0 N–H and O–H groups in total. The van der Waals surface area contributed by atoms with Crippen LogP contribution in [0.25, 0.3) is 0 Å². The quantitative estimate of drug-likeness (QED) is 0.782. The van der Waals surface area contributed by atoms with Crippen LogP contribution in [0.4, 0.5) is 5.69 Å². The number of amides is 2. The van der Waals surface area contributed by atoms with E-state index in [0.29, 0.717) is 19.0 Å². The molecule has 140 valence electrons. The van der Waals surface area contributed by atoms with Crippen molar-refractivity contribution in [3.8, 4) is 0 Å². The predicted molar refractivity (Wildman–Crippen MR) is 102 cm³/mol. The fraction of sp³-hybridized carbons (Fsp3) is 0.619. The van der Waals surface area contributed by atoms with Gasteiger partial charge in [0, 0.05) is 45.0 Å². The van der Waals surface area contributed by atoms with E-state index in [0.717, 1.165) is 45.4 Å². The maximum absolute atomic E-state index is 13.2. The molecule has 4 rings (SSSR count). The minimum absolute atomic E-state index is 0.0773. The highest BCUT2D eigenvalue weighted by molar-refractivity contribution is 6.08. The Hall–Kier alpha value is -2.04. The predicted octanol–water partition coefficient (Wildman–Crippen LogP) is 2.37. The molecule has 1 aliphatic carbocycles. The van der Waals surface area contributed by atoms with Crippen molar-refractivity contribution in [2.45, 2.75) is 32.6 Å². The second-order valence-electron chi connectivity index (χ2n) is 8.20. The standard InChI is InChI=1S/C21H29N3O2/c1-17-6-5-11-24(16-17)20(26)21(9-10-21)19(25)23-14-12-22(13-15-23)18-7-3-2-4-8-18/h2-4,7-8,17H,5-6,9-16H2,1H3. The second kappa shape index (κ2) is 6.93. The first kappa shape index (κ1) is 17.4. The van der Waals surface area contributed by atoms with E-state index in [9.17, 15) is 9.59 Å². The van der Waals surface area contributed by atoms with E-state index in [-0.39, 0.29) is 11.8 Å². The molecule has 26 heavy (non-hydrogen) atoms. The first-order chi connectivity index (χ1) is 12.6. The molecule has 1 saturated carbocycles. The molecule has 0 spiro atoms. The van der Waals surface area contributed by atoms with E-state index in [1.165, 1.54) is 12.1 Å². The number of anilines is 1. The Bertz CT molecular complexity index is 663. The van der Waals surface area contributed by atoms with Gasteiger partial charge in [-0.1, -0.05) is 25.1 Å². The van der Waals surface area contributed by atoms with Gasteiger partial charge < -0.3 is 14.7 Å². The summed E-state index contributed by atoms with van der Waals surface area (Å²) in [7, 11) is 0. The summed E-state index contributed by atoms with van der Waals surface area (Å²) in [6.07, 6.45) is 3.71. The van der Waals surface area contributed by atoms with Crippen molar-refractivity contribution in [2.75, 3.05) is 44.2 Å². The van der Waals surface area contributed by atoms with Gasteiger partial charge in [-0.3, -0.25) is 9.59 Å². The van der Waals surface area contributed by atoms with Crippen molar-refractivity contribution in [1.82, 2.24) is 9.80 Å². The lowest BCUT2D eigenvalue weighted by atomic mass is 9.96. The summed E-state index contributed by atoms with van der Waals surface area (Å²) in [4.78, 5) is 32.4. The summed E-state index contributed by atoms with van der Waals surface area (Å²) in [6, 6.07) is 10.3. The molecule has 0 radical (unpaired) electrons. The van der Waals surface area contributed by atoms with Gasteiger partial charge in [0.15, 0.2) is 0 Å². The molecule has 2 saturated heterocycles. The fourth-order valence-electron chi connectivity index (χ4n) is 4.43. The SMILES string of the molecule is CC1CCCN(C(=O)C2(C(=O)N3CCN(c4ccccc4)CC3)CC2)C1. The number of rotatable bonds is 3. The smallest absolute Gasteiger partial charge is 0.238 e. The van der Waals surface area contributed by atoms with Gasteiger partial charge in [-0.05, 0) is 43.7 Å². The molecule has 5 heteroatoms. The van der Waals surface area contributed by atoms with Crippen LogP contribution in [0.2, 0.25) is 0 Å². The molecular weight excluding hydrogens is 326 g/mol. The lowest BCUT2D eigenvalue weighted by Gasteiger charge is -2.39. The van der Waals surface area contributed by atoms with Crippen molar-refractivity contribution in [3.63, 3.8) is 0 Å². The molecule has 2 amide bonds. The Morgan fingerprint density at radius 1 is 0.923 bits per heavy atom.